The maximum Gasteiger partial charge on any atom is 0.394 e. The fourth-order valence-electron chi connectivity index (χ4n) is 4.90. The topological polar surface area (TPSA) is 116 Å². The number of aryl methyl sites for hydroxylation is 2. The first-order chi connectivity index (χ1) is 17.6. The number of carbonyl (C=O) groups is 3. The summed E-state index contributed by atoms with van der Waals surface area (Å²) in [4.78, 5) is 37.6. The average Bonchev–Trinajstić information content (AvgIpc) is 2.87. The molecule has 1 aliphatic rings. The van der Waals surface area contributed by atoms with Crippen molar-refractivity contribution in [2.24, 2.45) is 0 Å². The molecule has 4 rings (SSSR count). The van der Waals surface area contributed by atoms with Gasteiger partial charge in [0, 0.05) is 24.2 Å². The molecule has 1 fully saturated rings. The number of carbonyl (C=O) groups excluding carboxylic acids is 2. The highest BCUT2D eigenvalue weighted by Crippen LogP contribution is 2.37. The number of anilines is 1. The molecule has 1 unspecified atom stereocenters. The fourth-order valence-corrected chi connectivity index (χ4v) is 4.90. The molecule has 1 saturated heterocycles. The summed E-state index contributed by atoms with van der Waals surface area (Å²) in [6.07, 6.45) is 1.83. The smallest absolute Gasteiger partial charge is 0.394 e. The highest BCUT2D eigenvalue weighted by atomic mass is 16.5. The summed E-state index contributed by atoms with van der Waals surface area (Å²) < 4.78 is 6.08. The molecule has 192 valence electrons. The molecule has 2 amide bonds. The first-order valence-electron chi connectivity index (χ1n) is 12.1. The van der Waals surface area contributed by atoms with Crippen molar-refractivity contribution in [2.45, 2.75) is 39.0 Å². The van der Waals surface area contributed by atoms with Gasteiger partial charge in [0.15, 0.2) is 0 Å². The van der Waals surface area contributed by atoms with Gasteiger partial charge in [0.1, 0.15) is 17.2 Å². The molecule has 0 aromatic heterocycles. The number of aliphatic carboxylic acids is 1. The second-order valence-corrected chi connectivity index (χ2v) is 9.74. The number of phenolic OH excluding ortho intramolecular Hbond substituents is 1. The van der Waals surface area contributed by atoms with E-state index >= 15 is 0 Å². The molecule has 0 saturated carbocycles. The van der Waals surface area contributed by atoms with Crippen molar-refractivity contribution >= 4 is 23.5 Å². The van der Waals surface area contributed by atoms with E-state index in [9.17, 15) is 19.5 Å². The van der Waals surface area contributed by atoms with Crippen LogP contribution in [-0.4, -0.2) is 46.0 Å². The molecule has 1 atom stereocenters. The fraction of sp³-hybridized carbons (Fsp3) is 0.276. The van der Waals surface area contributed by atoms with Crippen molar-refractivity contribution < 1.29 is 29.3 Å². The largest absolute Gasteiger partial charge is 0.507 e. The summed E-state index contributed by atoms with van der Waals surface area (Å²) in [7, 11) is 0. The summed E-state index contributed by atoms with van der Waals surface area (Å²) in [5.41, 5.74) is 2.83. The molecule has 3 aromatic carbocycles. The second kappa shape index (κ2) is 10.3. The van der Waals surface area contributed by atoms with E-state index in [4.69, 9.17) is 9.84 Å². The molecule has 3 aromatic rings. The molecule has 8 heteroatoms. The Morgan fingerprint density at radius 2 is 1.68 bits per heavy atom. The Morgan fingerprint density at radius 3 is 2.32 bits per heavy atom. The summed E-state index contributed by atoms with van der Waals surface area (Å²) in [6.45, 7) is 6.84. The van der Waals surface area contributed by atoms with Gasteiger partial charge in [0.05, 0.1) is 5.56 Å². The van der Waals surface area contributed by atoms with Crippen molar-refractivity contribution in [3.8, 4) is 17.2 Å². The van der Waals surface area contributed by atoms with E-state index in [1.165, 1.54) is 17.7 Å². The summed E-state index contributed by atoms with van der Waals surface area (Å²) >= 11 is 0. The van der Waals surface area contributed by atoms with Gasteiger partial charge in [-0.2, -0.15) is 0 Å². The Hall–Kier alpha value is -4.33. The number of hydrogen-bond acceptors (Lipinski definition) is 5. The van der Waals surface area contributed by atoms with Crippen LogP contribution < -0.4 is 10.1 Å². The van der Waals surface area contributed by atoms with Crippen molar-refractivity contribution in [1.82, 2.24) is 4.90 Å². The second-order valence-electron chi connectivity index (χ2n) is 9.74. The van der Waals surface area contributed by atoms with Crippen LogP contribution in [0.4, 0.5) is 5.69 Å². The first kappa shape index (κ1) is 25.8. The van der Waals surface area contributed by atoms with E-state index in [1.54, 1.807) is 36.9 Å². The van der Waals surface area contributed by atoms with Crippen LogP contribution in [0.1, 0.15) is 46.8 Å². The highest BCUT2D eigenvalue weighted by Gasteiger charge is 2.35. The normalized spacial score (nSPS) is 17.2. The van der Waals surface area contributed by atoms with Gasteiger partial charge in [-0.15, -0.1) is 0 Å². The molecule has 0 aliphatic carbocycles. The van der Waals surface area contributed by atoms with E-state index in [2.05, 4.69) is 24.4 Å². The number of aromatic hydroxyl groups is 1. The molecular weight excluding hydrogens is 472 g/mol. The average molecular weight is 503 g/mol. The Bertz CT molecular complexity index is 1330. The van der Waals surface area contributed by atoms with E-state index in [0.717, 1.165) is 12.8 Å². The highest BCUT2D eigenvalue weighted by molar-refractivity contribution is 6.36. The van der Waals surface area contributed by atoms with Gasteiger partial charge >= 0.3 is 11.9 Å². The van der Waals surface area contributed by atoms with E-state index in [0.29, 0.717) is 41.4 Å². The number of ether oxygens (including phenoxy) is 1. The van der Waals surface area contributed by atoms with Crippen LogP contribution in [0, 0.1) is 13.8 Å². The zero-order valence-electron chi connectivity index (χ0n) is 21.1. The van der Waals surface area contributed by atoms with Gasteiger partial charge in [-0.05, 0) is 73.7 Å². The number of benzene rings is 3. The zero-order chi connectivity index (χ0) is 26.7. The van der Waals surface area contributed by atoms with Crippen LogP contribution in [0.5, 0.6) is 17.2 Å². The van der Waals surface area contributed by atoms with Crippen LogP contribution in [0.3, 0.4) is 0 Å². The minimum atomic E-state index is -1.57. The number of piperidine rings is 1. The molecule has 1 aliphatic heterocycles. The lowest BCUT2D eigenvalue weighted by atomic mass is 9.76. The minimum Gasteiger partial charge on any atom is -0.507 e. The van der Waals surface area contributed by atoms with Crippen LogP contribution in [-0.2, 0) is 15.0 Å². The van der Waals surface area contributed by atoms with Crippen LogP contribution in [0.25, 0.3) is 0 Å². The van der Waals surface area contributed by atoms with Gasteiger partial charge in [-0.25, -0.2) is 4.79 Å². The zero-order valence-corrected chi connectivity index (χ0v) is 21.1. The third-order valence-electron chi connectivity index (χ3n) is 6.79. The number of phenols is 1. The maximum absolute atomic E-state index is 13.5. The molecule has 8 nitrogen and oxygen atoms in total. The predicted octanol–water partition coefficient (Wildman–Crippen LogP) is 5.02. The standard InChI is InChI=1S/C29H30N2O6/c1-18-14-21(30-26(33)28(35)36)15-19(2)25(18)37-22-10-11-24(32)23(16-22)27(34)31-13-7-12-29(3,17-31)20-8-5-4-6-9-20/h4-6,8-11,14-16,32H,7,12-13,17H2,1-3H3,(H,30,33)(H,35,36). The Labute approximate surface area is 215 Å². The number of hydrogen-bond donors (Lipinski definition) is 3. The molecular formula is C29H30N2O6. The molecule has 0 spiro atoms. The lowest BCUT2D eigenvalue weighted by Gasteiger charge is -2.41. The van der Waals surface area contributed by atoms with Gasteiger partial charge in [-0.3, -0.25) is 9.59 Å². The number of carboxylic acid groups (broad SMARTS) is 1. The molecule has 1 heterocycles. The number of likely N-dealkylation sites (tertiary alicyclic amines) is 1. The monoisotopic (exact) mass is 502 g/mol. The van der Waals surface area contributed by atoms with Crippen LogP contribution >= 0.6 is 0 Å². The molecule has 3 N–H and O–H groups in total. The molecule has 0 bridgehead atoms. The minimum absolute atomic E-state index is 0.121. The number of rotatable bonds is 5. The van der Waals surface area contributed by atoms with Crippen molar-refractivity contribution in [1.29, 1.82) is 0 Å². The maximum atomic E-state index is 13.5. The first-order valence-corrected chi connectivity index (χ1v) is 12.1. The quantitative estimate of drug-likeness (QED) is 0.422. The number of nitrogens with zero attached hydrogens (tertiary/aromatic N) is 1. The van der Waals surface area contributed by atoms with E-state index in [-0.39, 0.29) is 22.6 Å². The van der Waals surface area contributed by atoms with Crippen molar-refractivity contribution in [3.63, 3.8) is 0 Å². The van der Waals surface area contributed by atoms with Gasteiger partial charge < -0.3 is 25.2 Å². The van der Waals surface area contributed by atoms with E-state index in [1.807, 2.05) is 18.2 Å². The summed E-state index contributed by atoms with van der Waals surface area (Å²) in [5, 5.41) is 21.7. The molecule has 37 heavy (non-hydrogen) atoms. The Morgan fingerprint density at radius 1 is 1.00 bits per heavy atom. The number of carboxylic acids is 1. The third kappa shape index (κ3) is 5.58. The van der Waals surface area contributed by atoms with Crippen LogP contribution in [0.2, 0.25) is 0 Å². The Balaban J connectivity index is 1.55. The summed E-state index contributed by atoms with van der Waals surface area (Å²) in [5.74, 6) is -2.20. The van der Waals surface area contributed by atoms with Gasteiger partial charge in [0.25, 0.3) is 5.91 Å². The van der Waals surface area contributed by atoms with Crippen molar-refractivity contribution in [2.75, 3.05) is 18.4 Å². The van der Waals surface area contributed by atoms with Crippen LogP contribution in [0.15, 0.2) is 60.7 Å². The molecule has 0 radical (unpaired) electrons. The lowest BCUT2D eigenvalue weighted by Crippen LogP contribution is -2.47. The lowest BCUT2D eigenvalue weighted by molar-refractivity contribution is -0.147. The van der Waals surface area contributed by atoms with Gasteiger partial charge in [-0.1, -0.05) is 37.3 Å². The SMILES string of the molecule is Cc1cc(NC(=O)C(=O)O)cc(C)c1Oc1ccc(O)c(C(=O)N2CCCC(C)(c3ccccc3)C2)c1. The number of nitrogens with one attached hydrogen (secondary N) is 1. The number of amides is 2. The van der Waals surface area contributed by atoms with Crippen molar-refractivity contribution in [3.05, 3.63) is 82.9 Å². The predicted molar refractivity (Wildman–Crippen MR) is 139 cm³/mol. The van der Waals surface area contributed by atoms with Gasteiger partial charge in [0.2, 0.25) is 0 Å². The third-order valence-corrected chi connectivity index (χ3v) is 6.79. The van der Waals surface area contributed by atoms with E-state index < -0.39 is 11.9 Å². The Kier molecular flexibility index (Phi) is 7.20. The summed E-state index contributed by atoms with van der Waals surface area (Å²) in [6, 6.07) is 17.9.